The Hall–Kier alpha value is -1.03. The lowest BCUT2D eigenvalue weighted by Gasteiger charge is -2.30. The first-order valence-electron chi connectivity index (χ1n) is 5.87. The van der Waals surface area contributed by atoms with Gasteiger partial charge in [-0.05, 0) is 31.2 Å². The van der Waals surface area contributed by atoms with Gasteiger partial charge in [0.15, 0.2) is 17.5 Å². The molecule has 0 spiro atoms. The molecule has 0 aliphatic heterocycles. The summed E-state index contributed by atoms with van der Waals surface area (Å²) < 4.78 is 39.7. The summed E-state index contributed by atoms with van der Waals surface area (Å²) in [5.74, 6) is -4.08. The molecular weight excluding hydrogens is 229 g/mol. The molecule has 94 valence electrons. The Labute approximate surface area is 98.3 Å². The molecule has 2 rings (SSSR count). The predicted octanol–water partition coefficient (Wildman–Crippen LogP) is 3.50. The molecule has 4 heteroatoms. The standard InChI is InChI=1S/C13H15F3O/c1-2-8-4-3-7-13(8,17)9-5-6-10(14)12(16)11(9)15/h5-6,8,17H,2-4,7H2,1H3. The molecule has 1 nitrogen and oxygen atoms in total. The number of benzene rings is 1. The van der Waals surface area contributed by atoms with E-state index in [1.54, 1.807) is 0 Å². The highest BCUT2D eigenvalue weighted by atomic mass is 19.2. The summed E-state index contributed by atoms with van der Waals surface area (Å²) >= 11 is 0. The van der Waals surface area contributed by atoms with Crippen molar-refractivity contribution >= 4 is 0 Å². The van der Waals surface area contributed by atoms with Crippen molar-refractivity contribution in [3.8, 4) is 0 Å². The second kappa shape index (κ2) is 4.33. The van der Waals surface area contributed by atoms with E-state index in [0.29, 0.717) is 12.8 Å². The highest BCUT2D eigenvalue weighted by Gasteiger charge is 2.43. The molecule has 2 atom stereocenters. The average Bonchev–Trinajstić information content (AvgIpc) is 2.68. The Kier molecular flexibility index (Phi) is 3.17. The molecule has 1 aromatic carbocycles. The van der Waals surface area contributed by atoms with Gasteiger partial charge in [-0.25, -0.2) is 13.2 Å². The molecule has 0 amide bonds. The van der Waals surface area contributed by atoms with E-state index >= 15 is 0 Å². The zero-order valence-electron chi connectivity index (χ0n) is 9.64. The van der Waals surface area contributed by atoms with Crippen LogP contribution in [0.1, 0.15) is 38.2 Å². The van der Waals surface area contributed by atoms with Crippen molar-refractivity contribution in [2.45, 2.75) is 38.2 Å². The highest BCUT2D eigenvalue weighted by Crippen LogP contribution is 2.46. The molecule has 0 saturated heterocycles. The summed E-state index contributed by atoms with van der Waals surface area (Å²) in [7, 11) is 0. The minimum absolute atomic E-state index is 0.0955. The van der Waals surface area contributed by atoms with Crippen LogP contribution in [0.25, 0.3) is 0 Å². The quantitative estimate of drug-likeness (QED) is 0.789. The van der Waals surface area contributed by atoms with Gasteiger partial charge in [0.25, 0.3) is 0 Å². The van der Waals surface area contributed by atoms with Crippen molar-refractivity contribution in [1.29, 1.82) is 0 Å². The maximum Gasteiger partial charge on any atom is 0.194 e. The van der Waals surface area contributed by atoms with Crippen molar-refractivity contribution in [1.82, 2.24) is 0 Å². The molecule has 1 aliphatic rings. The molecule has 1 aromatic rings. The zero-order valence-corrected chi connectivity index (χ0v) is 9.64. The van der Waals surface area contributed by atoms with Gasteiger partial charge in [-0.15, -0.1) is 0 Å². The van der Waals surface area contributed by atoms with Gasteiger partial charge in [0.05, 0.1) is 5.60 Å². The van der Waals surface area contributed by atoms with E-state index in [1.165, 1.54) is 0 Å². The minimum atomic E-state index is -1.50. The summed E-state index contributed by atoms with van der Waals surface area (Å²) in [5.41, 5.74) is -1.46. The van der Waals surface area contributed by atoms with E-state index in [-0.39, 0.29) is 11.5 Å². The molecule has 1 N–H and O–H groups in total. The van der Waals surface area contributed by atoms with E-state index < -0.39 is 23.1 Å². The summed E-state index contributed by atoms with van der Waals surface area (Å²) in [5, 5.41) is 10.5. The van der Waals surface area contributed by atoms with E-state index in [4.69, 9.17) is 0 Å². The van der Waals surface area contributed by atoms with Crippen LogP contribution in [0.5, 0.6) is 0 Å². The third-order valence-corrected chi connectivity index (χ3v) is 3.78. The van der Waals surface area contributed by atoms with Crippen LogP contribution in [0, 0.1) is 23.4 Å². The maximum atomic E-state index is 13.7. The first-order valence-corrected chi connectivity index (χ1v) is 5.87. The fraction of sp³-hybridized carbons (Fsp3) is 0.538. The fourth-order valence-electron chi connectivity index (χ4n) is 2.82. The normalized spacial score (nSPS) is 28.6. The van der Waals surface area contributed by atoms with Crippen LogP contribution < -0.4 is 0 Å². The van der Waals surface area contributed by atoms with E-state index in [9.17, 15) is 18.3 Å². The Bertz CT molecular complexity index is 433. The number of aliphatic hydroxyl groups is 1. The smallest absolute Gasteiger partial charge is 0.194 e. The first kappa shape index (κ1) is 12.4. The number of halogens is 3. The van der Waals surface area contributed by atoms with E-state index in [1.807, 2.05) is 6.92 Å². The second-order valence-corrected chi connectivity index (χ2v) is 4.64. The Morgan fingerprint density at radius 3 is 2.65 bits per heavy atom. The van der Waals surface area contributed by atoms with Gasteiger partial charge in [-0.3, -0.25) is 0 Å². The summed E-state index contributed by atoms with van der Waals surface area (Å²) in [6.45, 7) is 1.90. The Balaban J connectivity index is 2.50. The maximum absolute atomic E-state index is 13.7. The van der Waals surface area contributed by atoms with Crippen molar-refractivity contribution < 1.29 is 18.3 Å². The number of hydrogen-bond donors (Lipinski definition) is 1. The second-order valence-electron chi connectivity index (χ2n) is 4.64. The predicted molar refractivity (Wildman–Crippen MR) is 57.8 cm³/mol. The van der Waals surface area contributed by atoms with Gasteiger partial charge >= 0.3 is 0 Å². The van der Waals surface area contributed by atoms with Crippen LogP contribution in [-0.4, -0.2) is 5.11 Å². The number of hydrogen-bond acceptors (Lipinski definition) is 1. The van der Waals surface area contributed by atoms with Crippen LogP contribution >= 0.6 is 0 Å². The van der Waals surface area contributed by atoms with Gasteiger partial charge in [0.2, 0.25) is 0 Å². The SMILES string of the molecule is CCC1CCCC1(O)c1ccc(F)c(F)c1F. The average molecular weight is 244 g/mol. The molecule has 2 unspecified atom stereocenters. The monoisotopic (exact) mass is 244 g/mol. The lowest BCUT2D eigenvalue weighted by atomic mass is 9.82. The summed E-state index contributed by atoms with van der Waals surface area (Å²) in [4.78, 5) is 0. The minimum Gasteiger partial charge on any atom is -0.385 e. The van der Waals surface area contributed by atoms with Crippen LogP contribution in [0.2, 0.25) is 0 Å². The summed E-state index contributed by atoms with van der Waals surface area (Å²) in [6.07, 6.45) is 2.64. The van der Waals surface area contributed by atoms with Gasteiger partial charge in [-0.1, -0.05) is 19.4 Å². The van der Waals surface area contributed by atoms with Crippen LogP contribution in [0.3, 0.4) is 0 Å². The van der Waals surface area contributed by atoms with Crippen molar-refractivity contribution in [3.05, 3.63) is 35.1 Å². The fourth-order valence-corrected chi connectivity index (χ4v) is 2.82. The molecule has 1 fully saturated rings. The lowest BCUT2D eigenvalue weighted by Crippen LogP contribution is -2.31. The molecule has 17 heavy (non-hydrogen) atoms. The topological polar surface area (TPSA) is 20.2 Å². The van der Waals surface area contributed by atoms with Crippen molar-refractivity contribution in [3.63, 3.8) is 0 Å². The van der Waals surface area contributed by atoms with Crippen LogP contribution in [0.4, 0.5) is 13.2 Å². The molecule has 1 aliphatic carbocycles. The molecule has 0 aromatic heterocycles. The van der Waals surface area contributed by atoms with Gasteiger partial charge in [0.1, 0.15) is 0 Å². The van der Waals surface area contributed by atoms with Gasteiger partial charge in [-0.2, -0.15) is 0 Å². The molecular formula is C13H15F3O. The zero-order chi connectivity index (χ0) is 12.6. The van der Waals surface area contributed by atoms with E-state index in [2.05, 4.69) is 0 Å². The number of rotatable bonds is 2. The highest BCUT2D eigenvalue weighted by molar-refractivity contribution is 5.28. The van der Waals surface area contributed by atoms with Crippen LogP contribution in [0.15, 0.2) is 12.1 Å². The summed E-state index contributed by atoms with van der Waals surface area (Å²) in [6, 6.07) is 2.03. The van der Waals surface area contributed by atoms with Crippen LogP contribution in [-0.2, 0) is 5.60 Å². The third-order valence-electron chi connectivity index (χ3n) is 3.78. The largest absolute Gasteiger partial charge is 0.385 e. The molecule has 0 bridgehead atoms. The van der Waals surface area contributed by atoms with E-state index in [0.717, 1.165) is 25.0 Å². The van der Waals surface area contributed by atoms with Crippen molar-refractivity contribution in [2.24, 2.45) is 5.92 Å². The Morgan fingerprint density at radius 1 is 1.29 bits per heavy atom. The van der Waals surface area contributed by atoms with Gasteiger partial charge < -0.3 is 5.11 Å². The van der Waals surface area contributed by atoms with Gasteiger partial charge in [0, 0.05) is 5.56 Å². The molecule has 1 saturated carbocycles. The molecule has 0 radical (unpaired) electrons. The lowest BCUT2D eigenvalue weighted by molar-refractivity contribution is -0.00774. The molecule has 0 heterocycles. The van der Waals surface area contributed by atoms with Crippen molar-refractivity contribution in [2.75, 3.05) is 0 Å². The Morgan fingerprint density at radius 2 is 2.00 bits per heavy atom. The third kappa shape index (κ3) is 1.84. The first-order chi connectivity index (χ1) is 8.00.